The lowest BCUT2D eigenvalue weighted by molar-refractivity contribution is 0.0951. The molecule has 1 saturated heterocycles. The number of aliphatic imine (C=N–C) groups is 1. The van der Waals surface area contributed by atoms with Gasteiger partial charge in [0.25, 0.3) is 5.91 Å². The molecule has 0 bridgehead atoms. The Morgan fingerprint density at radius 1 is 1.10 bits per heavy atom. The molecule has 2 aromatic carbocycles. The van der Waals surface area contributed by atoms with Crippen molar-refractivity contribution in [1.82, 2.24) is 20.3 Å². The zero-order valence-corrected chi connectivity index (χ0v) is 23.5. The molecule has 0 aliphatic carbocycles. The lowest BCUT2D eigenvalue weighted by Crippen LogP contribution is -2.35. The molecule has 0 atom stereocenters. The number of rotatable bonds is 9. The number of aliphatic hydroxyl groups excluding tert-OH is 1. The monoisotopic (exact) mass is 563 g/mol. The minimum Gasteiger partial charge on any atom is -0.496 e. The first kappa shape index (κ1) is 27.3. The van der Waals surface area contributed by atoms with Crippen LogP contribution in [0.3, 0.4) is 0 Å². The van der Waals surface area contributed by atoms with Gasteiger partial charge in [-0.25, -0.2) is 9.97 Å². The number of fused-ring (bicyclic) bond motifs is 1. The first-order valence-corrected chi connectivity index (χ1v) is 14.1. The van der Waals surface area contributed by atoms with Crippen LogP contribution >= 0.6 is 0 Å². The first-order chi connectivity index (χ1) is 20.6. The van der Waals surface area contributed by atoms with E-state index in [0.717, 1.165) is 59.9 Å². The maximum absolute atomic E-state index is 12.8. The molecular formula is C32H33N7O3. The maximum Gasteiger partial charge on any atom is 0.251 e. The number of carbonyl (C=O) groups is 1. The van der Waals surface area contributed by atoms with Gasteiger partial charge in [-0.05, 0) is 48.7 Å². The van der Waals surface area contributed by atoms with Crippen LogP contribution < -0.4 is 20.3 Å². The summed E-state index contributed by atoms with van der Waals surface area (Å²) in [5.41, 5.74) is 5.82. The van der Waals surface area contributed by atoms with Gasteiger partial charge in [-0.1, -0.05) is 18.2 Å². The number of benzene rings is 2. The van der Waals surface area contributed by atoms with E-state index in [1.165, 1.54) is 0 Å². The van der Waals surface area contributed by atoms with Gasteiger partial charge in [0.2, 0.25) is 0 Å². The van der Waals surface area contributed by atoms with Crippen molar-refractivity contribution in [1.29, 1.82) is 0 Å². The number of hydrogen-bond acceptors (Lipinski definition) is 9. The van der Waals surface area contributed by atoms with Gasteiger partial charge in [0.15, 0.2) is 5.82 Å². The summed E-state index contributed by atoms with van der Waals surface area (Å²) in [7, 11) is 1.67. The lowest BCUT2D eigenvalue weighted by Gasteiger charge is -2.31. The molecule has 10 nitrogen and oxygen atoms in total. The topological polar surface area (TPSA) is 125 Å². The number of hydrogen-bond donors (Lipinski definition) is 3. The Hall–Kier alpha value is -4.83. The van der Waals surface area contributed by atoms with Gasteiger partial charge in [-0.2, -0.15) is 0 Å². The van der Waals surface area contributed by atoms with Crippen molar-refractivity contribution < 1.29 is 14.6 Å². The van der Waals surface area contributed by atoms with E-state index < -0.39 is 0 Å². The lowest BCUT2D eigenvalue weighted by atomic mass is 10.1. The molecule has 2 aliphatic rings. The fraction of sp³-hybridized carbons (Fsp3) is 0.281. The summed E-state index contributed by atoms with van der Waals surface area (Å²) in [6.07, 6.45) is 7.71. The van der Waals surface area contributed by atoms with Crippen LogP contribution in [0.5, 0.6) is 5.75 Å². The third-order valence-electron chi connectivity index (χ3n) is 7.52. The highest BCUT2D eigenvalue weighted by molar-refractivity contribution is 5.95. The smallest absolute Gasteiger partial charge is 0.251 e. The molecule has 0 radical (unpaired) electrons. The number of piperidine rings is 1. The first-order valence-electron chi connectivity index (χ1n) is 14.1. The molecule has 10 heteroatoms. The average Bonchev–Trinajstić information content (AvgIpc) is 3.50. The van der Waals surface area contributed by atoms with Crippen molar-refractivity contribution in [2.75, 3.05) is 30.4 Å². The van der Waals surface area contributed by atoms with E-state index >= 15 is 0 Å². The number of carbonyl (C=O) groups excluding carboxylic acids is 1. The number of pyridine rings is 1. The third-order valence-corrected chi connectivity index (χ3v) is 7.52. The second-order valence-corrected chi connectivity index (χ2v) is 10.4. The van der Waals surface area contributed by atoms with Crippen molar-refractivity contribution in [3.8, 4) is 5.75 Å². The predicted octanol–water partition coefficient (Wildman–Crippen LogP) is 4.36. The molecule has 0 saturated carbocycles. The molecule has 2 aromatic heterocycles. The minimum atomic E-state index is -0.219. The second-order valence-electron chi connectivity index (χ2n) is 10.4. The summed E-state index contributed by atoms with van der Waals surface area (Å²) < 4.78 is 5.76. The zero-order valence-electron chi connectivity index (χ0n) is 23.5. The normalized spacial score (nSPS) is 14.5. The number of nitrogens with one attached hydrogen (secondary N) is 2. The average molecular weight is 564 g/mol. The van der Waals surface area contributed by atoms with Crippen LogP contribution in [0.4, 0.5) is 22.9 Å². The maximum atomic E-state index is 12.8. The van der Waals surface area contributed by atoms with Gasteiger partial charge in [0, 0.05) is 79.7 Å². The SMILES string of the molecule is COc1cc(N2CCC(O)CC2)ccc1Cc1nc2c(c(Nc3cccc(C(=O)NCc4cccnc4)c3)n1)N=CC2. The Kier molecular flexibility index (Phi) is 8.05. The number of nitrogens with zero attached hydrogens (tertiary/aromatic N) is 5. The molecule has 6 rings (SSSR count). The van der Waals surface area contributed by atoms with Crippen LogP contribution in [-0.4, -0.2) is 58.5 Å². The fourth-order valence-corrected chi connectivity index (χ4v) is 5.25. The van der Waals surface area contributed by atoms with E-state index in [1.54, 1.807) is 31.6 Å². The van der Waals surface area contributed by atoms with Crippen molar-refractivity contribution >= 4 is 35.0 Å². The molecule has 42 heavy (non-hydrogen) atoms. The van der Waals surface area contributed by atoms with Crippen LogP contribution in [0.15, 0.2) is 72.0 Å². The van der Waals surface area contributed by atoms with E-state index in [-0.39, 0.29) is 12.0 Å². The van der Waals surface area contributed by atoms with E-state index in [0.29, 0.717) is 42.3 Å². The molecule has 2 aliphatic heterocycles. The summed E-state index contributed by atoms with van der Waals surface area (Å²) >= 11 is 0. The third kappa shape index (κ3) is 6.23. The molecule has 4 heterocycles. The number of ether oxygens (including phenoxy) is 1. The van der Waals surface area contributed by atoms with Crippen LogP contribution in [0, 0.1) is 0 Å². The van der Waals surface area contributed by atoms with Gasteiger partial charge in [-0.15, -0.1) is 0 Å². The van der Waals surface area contributed by atoms with Crippen molar-refractivity contribution in [2.24, 2.45) is 4.99 Å². The van der Waals surface area contributed by atoms with E-state index in [9.17, 15) is 9.90 Å². The van der Waals surface area contributed by atoms with Crippen molar-refractivity contribution in [2.45, 2.75) is 38.3 Å². The summed E-state index contributed by atoms with van der Waals surface area (Å²) in [6.45, 7) is 2.04. The van der Waals surface area contributed by atoms with E-state index in [4.69, 9.17) is 14.7 Å². The van der Waals surface area contributed by atoms with Gasteiger partial charge >= 0.3 is 0 Å². The summed E-state index contributed by atoms with van der Waals surface area (Å²) in [5, 5.41) is 16.2. The van der Waals surface area contributed by atoms with Gasteiger partial charge in [0.05, 0.1) is 18.9 Å². The molecule has 0 spiro atoms. The zero-order chi connectivity index (χ0) is 28.9. The Labute approximate surface area is 244 Å². The Morgan fingerprint density at radius 2 is 1.98 bits per heavy atom. The molecule has 1 amide bonds. The fourth-order valence-electron chi connectivity index (χ4n) is 5.25. The highest BCUT2D eigenvalue weighted by Crippen LogP contribution is 2.34. The summed E-state index contributed by atoms with van der Waals surface area (Å²) in [4.78, 5) is 33.4. The summed E-state index contributed by atoms with van der Waals surface area (Å²) in [6, 6.07) is 17.3. The van der Waals surface area contributed by atoms with Gasteiger partial charge in [-0.3, -0.25) is 14.8 Å². The highest BCUT2D eigenvalue weighted by Gasteiger charge is 2.21. The molecule has 0 unspecified atom stereocenters. The molecular weight excluding hydrogens is 530 g/mol. The van der Waals surface area contributed by atoms with Crippen LogP contribution in [-0.2, 0) is 19.4 Å². The molecule has 4 aromatic rings. The highest BCUT2D eigenvalue weighted by atomic mass is 16.5. The Balaban J connectivity index is 1.19. The van der Waals surface area contributed by atoms with Gasteiger partial charge in [0.1, 0.15) is 17.3 Å². The Bertz CT molecular complexity index is 1600. The number of amides is 1. The largest absolute Gasteiger partial charge is 0.496 e. The number of methoxy groups -OCH3 is 1. The van der Waals surface area contributed by atoms with E-state index in [1.807, 2.05) is 36.5 Å². The minimum absolute atomic E-state index is 0.176. The second kappa shape index (κ2) is 12.4. The number of anilines is 3. The molecule has 1 fully saturated rings. The molecule has 3 N–H and O–H groups in total. The number of aliphatic hydroxyl groups is 1. The predicted molar refractivity (Wildman–Crippen MR) is 162 cm³/mol. The quantitative estimate of drug-likeness (QED) is 0.274. The van der Waals surface area contributed by atoms with Crippen LogP contribution in [0.2, 0.25) is 0 Å². The van der Waals surface area contributed by atoms with Gasteiger partial charge < -0.3 is 25.4 Å². The van der Waals surface area contributed by atoms with Crippen LogP contribution in [0.25, 0.3) is 0 Å². The molecule has 214 valence electrons. The van der Waals surface area contributed by atoms with Crippen molar-refractivity contribution in [3.05, 3.63) is 95.2 Å². The van der Waals surface area contributed by atoms with E-state index in [2.05, 4.69) is 37.6 Å². The number of aromatic nitrogens is 3. The standard InChI is InChI=1S/C32H33N7O3/c1-42-28-18-25(39-14-10-26(40)11-15-39)8-7-22(28)17-29-37-27-9-13-34-30(27)31(38-29)36-24-6-2-5-23(16-24)32(41)35-20-21-4-3-12-33-19-21/h2-8,12-13,16,18-19,26,40H,9-11,14-15,17,20H2,1H3,(H,35,41)(H,36,37,38). The summed E-state index contributed by atoms with van der Waals surface area (Å²) in [5.74, 6) is 1.85. The Morgan fingerprint density at radius 3 is 2.79 bits per heavy atom. The van der Waals surface area contributed by atoms with Crippen LogP contribution in [0.1, 0.15) is 45.8 Å². The van der Waals surface area contributed by atoms with Crippen molar-refractivity contribution in [3.63, 3.8) is 0 Å².